The molecule has 6 heteroatoms. The van der Waals surface area contributed by atoms with Crippen LogP contribution in [0.4, 0.5) is 13.2 Å². The second kappa shape index (κ2) is 6.82. The number of hydrogen-bond donors (Lipinski definition) is 0. The van der Waals surface area contributed by atoms with E-state index in [1.807, 2.05) is 24.3 Å². The maximum atomic E-state index is 13.3. The highest BCUT2D eigenvalue weighted by molar-refractivity contribution is 7.99. The van der Waals surface area contributed by atoms with Crippen molar-refractivity contribution in [3.05, 3.63) is 53.6 Å². The lowest BCUT2D eigenvalue weighted by Crippen LogP contribution is -2.34. The van der Waals surface area contributed by atoms with Gasteiger partial charge in [-0.1, -0.05) is 23.9 Å². The van der Waals surface area contributed by atoms with Gasteiger partial charge in [0, 0.05) is 16.4 Å². The van der Waals surface area contributed by atoms with Crippen LogP contribution in [0.15, 0.2) is 52.3 Å². The number of para-hydroxylation sites is 1. The van der Waals surface area contributed by atoms with E-state index in [4.69, 9.17) is 4.74 Å². The largest absolute Gasteiger partial charge is 0.484 e. The highest BCUT2D eigenvalue weighted by atomic mass is 32.2. The highest BCUT2D eigenvalue weighted by Gasteiger charge is 2.36. The van der Waals surface area contributed by atoms with Crippen molar-refractivity contribution in [2.75, 3.05) is 20.1 Å². The number of ether oxygens (including phenoxy) is 1. The minimum atomic E-state index is -4.35. The lowest BCUT2D eigenvalue weighted by atomic mass is 9.86. The number of alkyl halides is 3. The molecule has 1 atom stereocenters. The van der Waals surface area contributed by atoms with Crippen molar-refractivity contribution in [2.24, 2.45) is 5.92 Å². The highest BCUT2D eigenvalue weighted by Crippen LogP contribution is 2.48. The first kappa shape index (κ1) is 17.7. The summed E-state index contributed by atoms with van der Waals surface area (Å²) >= 11 is 1.49. The summed E-state index contributed by atoms with van der Waals surface area (Å²) in [7, 11) is 2.07. The molecule has 2 aliphatic heterocycles. The topological polar surface area (TPSA) is 12.5 Å². The van der Waals surface area contributed by atoms with E-state index in [2.05, 4.69) is 11.9 Å². The van der Waals surface area contributed by atoms with E-state index < -0.39 is 11.7 Å². The molecule has 0 spiro atoms. The minimum absolute atomic E-state index is 0.209. The predicted molar refractivity (Wildman–Crippen MR) is 95.6 cm³/mol. The van der Waals surface area contributed by atoms with Crippen LogP contribution in [-0.4, -0.2) is 25.0 Å². The Morgan fingerprint density at radius 2 is 1.77 bits per heavy atom. The molecule has 4 rings (SSSR count). The third kappa shape index (κ3) is 3.45. The molecule has 2 aliphatic rings. The molecule has 26 heavy (non-hydrogen) atoms. The number of fused-ring (bicyclic) bond motifs is 2. The van der Waals surface area contributed by atoms with Gasteiger partial charge in [0.05, 0.1) is 10.5 Å². The first-order chi connectivity index (χ1) is 12.4. The number of likely N-dealkylation sites (tertiary alicyclic amines) is 1. The van der Waals surface area contributed by atoms with Gasteiger partial charge in [0.25, 0.3) is 0 Å². The van der Waals surface area contributed by atoms with Gasteiger partial charge in [-0.2, -0.15) is 13.2 Å². The quantitative estimate of drug-likeness (QED) is 0.637. The fraction of sp³-hybridized carbons (Fsp3) is 0.400. The SMILES string of the molecule is CN1CCC(C2Oc3ccccc3Sc3ccc(C(F)(F)F)cc32)CC1. The van der Waals surface area contributed by atoms with Gasteiger partial charge >= 0.3 is 6.18 Å². The number of piperidine rings is 1. The van der Waals surface area contributed by atoms with Gasteiger partial charge in [0.1, 0.15) is 11.9 Å². The van der Waals surface area contributed by atoms with Crippen LogP contribution >= 0.6 is 11.8 Å². The number of benzene rings is 2. The molecule has 2 heterocycles. The first-order valence-electron chi connectivity index (χ1n) is 8.75. The third-order valence-electron chi connectivity index (χ3n) is 5.16. The molecule has 1 saturated heterocycles. The van der Waals surface area contributed by atoms with Crippen LogP contribution in [0, 0.1) is 5.92 Å². The van der Waals surface area contributed by atoms with Gasteiger partial charge < -0.3 is 9.64 Å². The average Bonchev–Trinajstić information content (AvgIpc) is 2.77. The second-order valence-electron chi connectivity index (χ2n) is 6.98. The maximum Gasteiger partial charge on any atom is 0.416 e. The van der Waals surface area contributed by atoms with Crippen molar-refractivity contribution in [3.63, 3.8) is 0 Å². The standard InChI is InChI=1S/C20H20F3NOS/c1-24-10-8-13(9-11-24)19-15-12-14(20(21,22)23)6-7-17(15)26-18-5-3-2-4-16(18)25-19/h2-7,12-13,19H,8-11H2,1H3. The molecule has 0 radical (unpaired) electrons. The van der Waals surface area contributed by atoms with Crippen LogP contribution in [-0.2, 0) is 6.18 Å². The Kier molecular flexibility index (Phi) is 4.65. The van der Waals surface area contributed by atoms with Gasteiger partial charge in [-0.15, -0.1) is 0 Å². The summed E-state index contributed by atoms with van der Waals surface area (Å²) in [6.45, 7) is 1.88. The van der Waals surface area contributed by atoms with Crippen molar-refractivity contribution in [1.29, 1.82) is 0 Å². The van der Waals surface area contributed by atoms with E-state index in [1.165, 1.54) is 23.9 Å². The molecular weight excluding hydrogens is 359 g/mol. The zero-order valence-corrected chi connectivity index (χ0v) is 15.2. The van der Waals surface area contributed by atoms with Crippen LogP contribution in [0.5, 0.6) is 5.75 Å². The van der Waals surface area contributed by atoms with Gasteiger partial charge in [-0.05, 0) is 63.3 Å². The maximum absolute atomic E-state index is 13.3. The summed E-state index contributed by atoms with van der Waals surface area (Å²) in [5.74, 6) is 0.964. The molecule has 2 nitrogen and oxygen atoms in total. The molecule has 1 unspecified atom stereocenters. The monoisotopic (exact) mass is 379 g/mol. The van der Waals surface area contributed by atoms with Gasteiger partial charge in [0.15, 0.2) is 0 Å². The predicted octanol–water partition coefficient (Wildman–Crippen LogP) is 5.63. The van der Waals surface area contributed by atoms with Crippen molar-refractivity contribution < 1.29 is 17.9 Å². The number of halogens is 3. The Balaban J connectivity index is 1.78. The normalized spacial score (nSPS) is 21.5. The molecule has 1 fully saturated rings. The lowest BCUT2D eigenvalue weighted by molar-refractivity contribution is -0.137. The van der Waals surface area contributed by atoms with Crippen molar-refractivity contribution in [1.82, 2.24) is 4.90 Å². The molecule has 2 aromatic carbocycles. The smallest absolute Gasteiger partial charge is 0.416 e. The molecule has 138 valence electrons. The van der Waals surface area contributed by atoms with Crippen LogP contribution in [0.3, 0.4) is 0 Å². The fourth-order valence-corrected chi connectivity index (χ4v) is 4.70. The summed E-state index contributed by atoms with van der Waals surface area (Å²) in [6.07, 6.45) is -2.86. The molecule has 0 amide bonds. The molecule has 0 aromatic heterocycles. The molecule has 0 bridgehead atoms. The van der Waals surface area contributed by atoms with Crippen LogP contribution in [0.2, 0.25) is 0 Å². The summed E-state index contributed by atoms with van der Waals surface area (Å²) in [4.78, 5) is 4.05. The van der Waals surface area contributed by atoms with E-state index in [1.54, 1.807) is 6.07 Å². The van der Waals surface area contributed by atoms with E-state index in [0.29, 0.717) is 5.56 Å². The summed E-state index contributed by atoms with van der Waals surface area (Å²) in [6, 6.07) is 11.7. The minimum Gasteiger partial charge on any atom is -0.484 e. The number of hydrogen-bond acceptors (Lipinski definition) is 3. The molecule has 0 N–H and O–H groups in total. The molecule has 0 saturated carbocycles. The van der Waals surface area contributed by atoms with Gasteiger partial charge in [-0.3, -0.25) is 0 Å². The molecular formula is C20H20F3NOS. The van der Waals surface area contributed by atoms with Crippen LogP contribution in [0.1, 0.15) is 30.1 Å². The van der Waals surface area contributed by atoms with Crippen LogP contribution in [0.25, 0.3) is 0 Å². The lowest BCUT2D eigenvalue weighted by Gasteiger charge is -2.34. The average molecular weight is 379 g/mol. The summed E-state index contributed by atoms with van der Waals surface area (Å²) < 4.78 is 46.2. The molecule has 0 aliphatic carbocycles. The van der Waals surface area contributed by atoms with Crippen molar-refractivity contribution in [3.8, 4) is 5.75 Å². The molecule has 2 aromatic rings. The van der Waals surface area contributed by atoms with Gasteiger partial charge in [-0.25, -0.2) is 0 Å². The fourth-order valence-electron chi connectivity index (χ4n) is 3.67. The van der Waals surface area contributed by atoms with E-state index in [0.717, 1.165) is 41.5 Å². The zero-order valence-electron chi connectivity index (χ0n) is 14.4. The second-order valence-corrected chi connectivity index (χ2v) is 8.06. The van der Waals surface area contributed by atoms with E-state index in [-0.39, 0.29) is 12.0 Å². The van der Waals surface area contributed by atoms with Crippen LogP contribution < -0.4 is 4.74 Å². The Morgan fingerprint density at radius 1 is 1.04 bits per heavy atom. The Labute approximate surface area is 155 Å². The zero-order chi connectivity index (χ0) is 18.3. The van der Waals surface area contributed by atoms with E-state index >= 15 is 0 Å². The Morgan fingerprint density at radius 3 is 2.50 bits per heavy atom. The third-order valence-corrected chi connectivity index (χ3v) is 6.31. The number of nitrogens with zero attached hydrogens (tertiary/aromatic N) is 1. The van der Waals surface area contributed by atoms with Crippen molar-refractivity contribution in [2.45, 2.75) is 34.9 Å². The number of rotatable bonds is 1. The first-order valence-corrected chi connectivity index (χ1v) is 9.57. The van der Waals surface area contributed by atoms with E-state index in [9.17, 15) is 13.2 Å². The van der Waals surface area contributed by atoms with Gasteiger partial charge in [0.2, 0.25) is 0 Å². The Hall–Kier alpha value is -1.66. The Bertz CT molecular complexity index is 800. The van der Waals surface area contributed by atoms with Crippen molar-refractivity contribution >= 4 is 11.8 Å². The summed E-state index contributed by atoms with van der Waals surface area (Å²) in [5.41, 5.74) is 0.0555. The summed E-state index contributed by atoms with van der Waals surface area (Å²) in [5, 5.41) is 0.